The molecule has 0 aliphatic carbocycles. The number of rotatable bonds is 7. The second-order valence-electron chi connectivity index (χ2n) is 5.73. The van der Waals surface area contributed by atoms with Gasteiger partial charge in [0.15, 0.2) is 11.5 Å². The van der Waals surface area contributed by atoms with E-state index in [1.165, 1.54) is 26.2 Å². The quantitative estimate of drug-likeness (QED) is 0.713. The SMILES string of the molecule is COC(=O)CN(Cc1ccccc1C)C(=O)c1ccc(OC)c(OC)c1. The maximum Gasteiger partial charge on any atom is 0.325 e. The van der Waals surface area contributed by atoms with Crippen LogP contribution in [0.25, 0.3) is 0 Å². The predicted octanol–water partition coefficient (Wildman–Crippen LogP) is 2.83. The zero-order valence-corrected chi connectivity index (χ0v) is 15.4. The van der Waals surface area contributed by atoms with E-state index in [1.54, 1.807) is 18.2 Å². The summed E-state index contributed by atoms with van der Waals surface area (Å²) < 4.78 is 15.2. The molecule has 0 unspecified atom stereocenters. The fourth-order valence-corrected chi connectivity index (χ4v) is 2.56. The third-order valence-corrected chi connectivity index (χ3v) is 4.09. The van der Waals surface area contributed by atoms with Gasteiger partial charge in [0.2, 0.25) is 0 Å². The van der Waals surface area contributed by atoms with E-state index in [-0.39, 0.29) is 12.5 Å². The van der Waals surface area contributed by atoms with Gasteiger partial charge in [0, 0.05) is 12.1 Å². The summed E-state index contributed by atoms with van der Waals surface area (Å²) in [5.74, 6) is 0.210. The normalized spacial score (nSPS) is 10.2. The van der Waals surface area contributed by atoms with Crippen molar-refractivity contribution in [2.75, 3.05) is 27.9 Å². The van der Waals surface area contributed by atoms with Gasteiger partial charge in [-0.25, -0.2) is 0 Å². The van der Waals surface area contributed by atoms with Gasteiger partial charge in [-0.05, 0) is 36.2 Å². The number of carbonyl (C=O) groups excluding carboxylic acids is 2. The predicted molar refractivity (Wildman–Crippen MR) is 97.5 cm³/mol. The van der Waals surface area contributed by atoms with E-state index in [1.807, 2.05) is 31.2 Å². The zero-order valence-electron chi connectivity index (χ0n) is 15.4. The molecule has 0 spiro atoms. The van der Waals surface area contributed by atoms with E-state index >= 15 is 0 Å². The highest BCUT2D eigenvalue weighted by molar-refractivity contribution is 5.96. The Morgan fingerprint density at radius 1 is 0.962 bits per heavy atom. The van der Waals surface area contributed by atoms with Crippen molar-refractivity contribution in [2.24, 2.45) is 0 Å². The highest BCUT2D eigenvalue weighted by atomic mass is 16.5. The zero-order chi connectivity index (χ0) is 19.1. The van der Waals surface area contributed by atoms with Crippen LogP contribution in [0.4, 0.5) is 0 Å². The first-order valence-corrected chi connectivity index (χ1v) is 8.12. The lowest BCUT2D eigenvalue weighted by atomic mass is 10.1. The summed E-state index contributed by atoms with van der Waals surface area (Å²) in [6, 6.07) is 12.6. The van der Waals surface area contributed by atoms with E-state index in [2.05, 4.69) is 0 Å². The molecule has 0 saturated heterocycles. The van der Waals surface area contributed by atoms with Crippen LogP contribution in [0.15, 0.2) is 42.5 Å². The Bertz CT molecular complexity index is 788. The van der Waals surface area contributed by atoms with E-state index in [4.69, 9.17) is 14.2 Å². The Morgan fingerprint density at radius 2 is 1.65 bits per heavy atom. The van der Waals surface area contributed by atoms with Crippen LogP contribution in [-0.4, -0.2) is 44.7 Å². The molecule has 6 nitrogen and oxygen atoms in total. The fourth-order valence-electron chi connectivity index (χ4n) is 2.56. The van der Waals surface area contributed by atoms with Crippen molar-refractivity contribution < 1.29 is 23.8 Å². The number of hydrogen-bond acceptors (Lipinski definition) is 5. The molecule has 26 heavy (non-hydrogen) atoms. The third-order valence-electron chi connectivity index (χ3n) is 4.09. The minimum Gasteiger partial charge on any atom is -0.493 e. The highest BCUT2D eigenvalue weighted by Gasteiger charge is 2.21. The molecule has 0 fully saturated rings. The van der Waals surface area contributed by atoms with Crippen molar-refractivity contribution >= 4 is 11.9 Å². The molecular weight excluding hydrogens is 334 g/mol. The lowest BCUT2D eigenvalue weighted by molar-refractivity contribution is -0.141. The van der Waals surface area contributed by atoms with Gasteiger partial charge in [-0.2, -0.15) is 0 Å². The van der Waals surface area contributed by atoms with Crippen LogP contribution in [0.5, 0.6) is 11.5 Å². The van der Waals surface area contributed by atoms with Crippen LogP contribution in [0.2, 0.25) is 0 Å². The summed E-state index contributed by atoms with van der Waals surface area (Å²) in [5, 5.41) is 0. The number of aryl methyl sites for hydroxylation is 1. The fraction of sp³-hybridized carbons (Fsp3) is 0.300. The molecule has 0 heterocycles. The standard InChI is InChI=1S/C20H23NO5/c1-14-7-5-6-8-16(14)12-21(13-19(22)26-4)20(23)15-9-10-17(24-2)18(11-15)25-3/h5-11H,12-13H2,1-4H3. The molecule has 2 rings (SSSR count). The molecule has 1 amide bonds. The van der Waals surface area contributed by atoms with Gasteiger partial charge >= 0.3 is 5.97 Å². The van der Waals surface area contributed by atoms with Crippen LogP contribution in [0.3, 0.4) is 0 Å². The summed E-state index contributed by atoms with van der Waals surface area (Å²) >= 11 is 0. The van der Waals surface area contributed by atoms with Crippen LogP contribution in [0, 0.1) is 6.92 Å². The van der Waals surface area contributed by atoms with Crippen molar-refractivity contribution in [3.05, 3.63) is 59.2 Å². The number of methoxy groups -OCH3 is 3. The van der Waals surface area contributed by atoms with Crippen molar-refractivity contribution in [3.8, 4) is 11.5 Å². The Balaban J connectivity index is 2.33. The number of hydrogen-bond donors (Lipinski definition) is 0. The molecular formula is C20H23NO5. The van der Waals surface area contributed by atoms with Gasteiger partial charge in [0.25, 0.3) is 5.91 Å². The van der Waals surface area contributed by atoms with Gasteiger partial charge in [0.1, 0.15) is 6.54 Å². The summed E-state index contributed by atoms with van der Waals surface area (Å²) in [6.45, 7) is 2.12. The lowest BCUT2D eigenvalue weighted by Gasteiger charge is -2.23. The molecule has 6 heteroatoms. The molecule has 0 aliphatic rings. The minimum absolute atomic E-state index is 0.141. The molecule has 138 valence electrons. The Labute approximate surface area is 153 Å². The molecule has 0 aromatic heterocycles. The Hall–Kier alpha value is -3.02. The summed E-state index contributed by atoms with van der Waals surface area (Å²) in [6.07, 6.45) is 0. The molecule has 0 bridgehead atoms. The topological polar surface area (TPSA) is 65.1 Å². The van der Waals surface area contributed by atoms with Gasteiger partial charge in [-0.15, -0.1) is 0 Å². The van der Waals surface area contributed by atoms with Crippen LogP contribution in [0.1, 0.15) is 21.5 Å². The van der Waals surface area contributed by atoms with Crippen molar-refractivity contribution in [3.63, 3.8) is 0 Å². The molecule has 0 N–H and O–H groups in total. The maximum absolute atomic E-state index is 13.0. The highest BCUT2D eigenvalue weighted by Crippen LogP contribution is 2.28. The number of ether oxygens (including phenoxy) is 3. The molecule has 2 aromatic rings. The molecule has 0 radical (unpaired) electrons. The smallest absolute Gasteiger partial charge is 0.325 e. The van der Waals surface area contributed by atoms with Gasteiger partial charge in [-0.3, -0.25) is 9.59 Å². The first-order valence-electron chi connectivity index (χ1n) is 8.12. The third kappa shape index (κ3) is 4.53. The van der Waals surface area contributed by atoms with E-state index in [0.29, 0.717) is 23.6 Å². The summed E-state index contributed by atoms with van der Waals surface area (Å²) in [4.78, 5) is 26.3. The van der Waals surface area contributed by atoms with Crippen LogP contribution >= 0.6 is 0 Å². The van der Waals surface area contributed by atoms with Gasteiger partial charge in [0.05, 0.1) is 21.3 Å². The minimum atomic E-state index is -0.479. The average Bonchev–Trinajstić information content (AvgIpc) is 2.67. The van der Waals surface area contributed by atoms with E-state index in [9.17, 15) is 9.59 Å². The molecule has 0 aliphatic heterocycles. The molecule has 2 aromatic carbocycles. The van der Waals surface area contributed by atoms with E-state index in [0.717, 1.165) is 11.1 Å². The Kier molecular flexibility index (Phi) is 6.60. The van der Waals surface area contributed by atoms with Gasteiger partial charge in [-0.1, -0.05) is 24.3 Å². The van der Waals surface area contributed by atoms with Crippen molar-refractivity contribution in [1.29, 1.82) is 0 Å². The van der Waals surface area contributed by atoms with Crippen LogP contribution in [-0.2, 0) is 16.1 Å². The summed E-state index contributed by atoms with van der Waals surface area (Å²) in [7, 11) is 4.34. The number of benzene rings is 2. The van der Waals surface area contributed by atoms with Crippen molar-refractivity contribution in [1.82, 2.24) is 4.90 Å². The Morgan fingerprint density at radius 3 is 2.27 bits per heavy atom. The monoisotopic (exact) mass is 357 g/mol. The first-order chi connectivity index (χ1) is 12.5. The lowest BCUT2D eigenvalue weighted by Crippen LogP contribution is -2.36. The van der Waals surface area contributed by atoms with Crippen molar-refractivity contribution in [2.45, 2.75) is 13.5 Å². The van der Waals surface area contributed by atoms with Crippen LogP contribution < -0.4 is 9.47 Å². The first kappa shape index (κ1) is 19.3. The number of amides is 1. The number of esters is 1. The summed E-state index contributed by atoms with van der Waals surface area (Å²) in [5.41, 5.74) is 2.41. The number of carbonyl (C=O) groups is 2. The second kappa shape index (κ2) is 8.89. The number of nitrogens with zero attached hydrogens (tertiary/aromatic N) is 1. The maximum atomic E-state index is 13.0. The molecule has 0 saturated carbocycles. The van der Waals surface area contributed by atoms with E-state index < -0.39 is 5.97 Å². The second-order valence-corrected chi connectivity index (χ2v) is 5.73. The average molecular weight is 357 g/mol. The largest absolute Gasteiger partial charge is 0.493 e. The van der Waals surface area contributed by atoms with Gasteiger partial charge < -0.3 is 19.1 Å². The molecule has 0 atom stereocenters.